The Kier molecular flexibility index (Phi) is 2.62. The van der Waals surface area contributed by atoms with E-state index in [9.17, 15) is 0 Å². The molecule has 2 rings (SSSR count). The fourth-order valence-electron chi connectivity index (χ4n) is 1.79. The first-order valence-electron chi connectivity index (χ1n) is 4.87. The first kappa shape index (κ1) is 8.73. The molecule has 0 spiro atoms. The van der Waals surface area contributed by atoms with Crippen molar-refractivity contribution in [2.75, 3.05) is 6.67 Å². The predicted octanol–water partition coefficient (Wildman–Crippen LogP) is 1.14. The Balaban J connectivity index is 1.98. The van der Waals surface area contributed by atoms with E-state index >= 15 is 0 Å². The smallest absolute Gasteiger partial charge is 0.0459 e. The standard InChI is InChI=1S/C11H16N2/c1-9-11(13-8-12-9)7-10-5-3-2-4-6-10/h2-6,9,11-13H,7-8H2,1H3. The highest BCUT2D eigenvalue weighted by molar-refractivity contribution is 5.16. The fraction of sp³-hybridized carbons (Fsp3) is 0.455. The van der Waals surface area contributed by atoms with Gasteiger partial charge in [-0.05, 0) is 18.9 Å². The molecule has 1 aromatic rings. The molecule has 2 atom stereocenters. The van der Waals surface area contributed by atoms with Crippen molar-refractivity contribution in [1.29, 1.82) is 0 Å². The van der Waals surface area contributed by atoms with Crippen LogP contribution in [0.1, 0.15) is 12.5 Å². The van der Waals surface area contributed by atoms with Crippen LogP contribution in [-0.2, 0) is 6.42 Å². The normalized spacial score (nSPS) is 27.8. The lowest BCUT2D eigenvalue weighted by Crippen LogP contribution is -2.32. The first-order valence-corrected chi connectivity index (χ1v) is 4.87. The Bertz CT molecular complexity index is 258. The Morgan fingerprint density at radius 1 is 1.23 bits per heavy atom. The molecule has 1 aliphatic heterocycles. The monoisotopic (exact) mass is 176 g/mol. The van der Waals surface area contributed by atoms with Gasteiger partial charge < -0.3 is 5.32 Å². The lowest BCUT2D eigenvalue weighted by molar-refractivity contribution is 0.538. The molecule has 2 N–H and O–H groups in total. The maximum atomic E-state index is 3.44. The van der Waals surface area contributed by atoms with Gasteiger partial charge in [0, 0.05) is 18.8 Å². The van der Waals surface area contributed by atoms with Crippen LogP contribution in [0.3, 0.4) is 0 Å². The van der Waals surface area contributed by atoms with Crippen molar-refractivity contribution >= 4 is 0 Å². The van der Waals surface area contributed by atoms with Gasteiger partial charge in [0.15, 0.2) is 0 Å². The summed E-state index contributed by atoms with van der Waals surface area (Å²) in [6, 6.07) is 11.8. The molecule has 13 heavy (non-hydrogen) atoms. The van der Waals surface area contributed by atoms with Crippen LogP contribution in [0, 0.1) is 0 Å². The maximum absolute atomic E-state index is 3.44. The summed E-state index contributed by atoms with van der Waals surface area (Å²) in [5.41, 5.74) is 1.41. The highest BCUT2D eigenvalue weighted by Gasteiger charge is 2.21. The van der Waals surface area contributed by atoms with E-state index in [1.807, 2.05) is 0 Å². The SMILES string of the molecule is CC1NCNC1Cc1ccccc1. The number of benzene rings is 1. The van der Waals surface area contributed by atoms with Gasteiger partial charge in [0.2, 0.25) is 0 Å². The van der Waals surface area contributed by atoms with Crippen LogP contribution in [0.5, 0.6) is 0 Å². The molecule has 2 nitrogen and oxygen atoms in total. The predicted molar refractivity (Wildman–Crippen MR) is 54.5 cm³/mol. The van der Waals surface area contributed by atoms with Crippen LogP contribution >= 0.6 is 0 Å². The minimum atomic E-state index is 0.584. The molecular formula is C11H16N2. The zero-order chi connectivity index (χ0) is 9.10. The van der Waals surface area contributed by atoms with Crippen molar-refractivity contribution in [2.45, 2.75) is 25.4 Å². The van der Waals surface area contributed by atoms with Gasteiger partial charge in [-0.25, -0.2) is 0 Å². The summed E-state index contributed by atoms with van der Waals surface area (Å²) in [4.78, 5) is 0. The molecule has 1 aliphatic rings. The van der Waals surface area contributed by atoms with E-state index in [1.165, 1.54) is 5.56 Å². The molecule has 0 aliphatic carbocycles. The quantitative estimate of drug-likeness (QED) is 0.706. The molecule has 0 saturated carbocycles. The van der Waals surface area contributed by atoms with Crippen LogP contribution in [0.2, 0.25) is 0 Å². The van der Waals surface area contributed by atoms with E-state index in [1.54, 1.807) is 0 Å². The lowest BCUT2D eigenvalue weighted by Gasteiger charge is -2.14. The van der Waals surface area contributed by atoms with Crippen molar-refractivity contribution in [3.05, 3.63) is 35.9 Å². The molecule has 2 unspecified atom stereocenters. The average Bonchev–Trinajstić information content (AvgIpc) is 2.54. The van der Waals surface area contributed by atoms with E-state index in [0.29, 0.717) is 12.1 Å². The van der Waals surface area contributed by atoms with Gasteiger partial charge in [-0.1, -0.05) is 30.3 Å². The molecule has 2 heteroatoms. The summed E-state index contributed by atoms with van der Waals surface area (Å²) in [7, 11) is 0. The number of hydrogen-bond donors (Lipinski definition) is 2. The molecule has 1 aromatic carbocycles. The maximum Gasteiger partial charge on any atom is 0.0459 e. The van der Waals surface area contributed by atoms with Crippen LogP contribution in [0.15, 0.2) is 30.3 Å². The van der Waals surface area contributed by atoms with Gasteiger partial charge >= 0.3 is 0 Å². The van der Waals surface area contributed by atoms with Crippen molar-refractivity contribution in [1.82, 2.24) is 10.6 Å². The lowest BCUT2D eigenvalue weighted by atomic mass is 10.0. The van der Waals surface area contributed by atoms with Crippen molar-refractivity contribution in [3.8, 4) is 0 Å². The molecule has 1 fully saturated rings. The van der Waals surface area contributed by atoms with E-state index in [0.717, 1.165) is 13.1 Å². The summed E-state index contributed by atoms with van der Waals surface area (Å²) >= 11 is 0. The second-order valence-electron chi connectivity index (χ2n) is 3.67. The first-order chi connectivity index (χ1) is 6.36. The van der Waals surface area contributed by atoms with Gasteiger partial charge in [0.25, 0.3) is 0 Å². The molecule has 1 saturated heterocycles. The fourth-order valence-corrected chi connectivity index (χ4v) is 1.79. The summed E-state index contributed by atoms with van der Waals surface area (Å²) < 4.78 is 0. The minimum Gasteiger partial charge on any atom is -0.300 e. The molecular weight excluding hydrogens is 160 g/mol. The van der Waals surface area contributed by atoms with Crippen molar-refractivity contribution < 1.29 is 0 Å². The highest BCUT2D eigenvalue weighted by atomic mass is 15.2. The zero-order valence-electron chi connectivity index (χ0n) is 7.96. The number of hydrogen-bond acceptors (Lipinski definition) is 2. The Morgan fingerprint density at radius 3 is 2.62 bits per heavy atom. The molecule has 70 valence electrons. The molecule has 0 bridgehead atoms. The van der Waals surface area contributed by atoms with Crippen LogP contribution < -0.4 is 10.6 Å². The number of nitrogens with one attached hydrogen (secondary N) is 2. The molecule has 1 heterocycles. The number of rotatable bonds is 2. The van der Waals surface area contributed by atoms with Gasteiger partial charge in [0.05, 0.1) is 0 Å². The van der Waals surface area contributed by atoms with E-state index in [-0.39, 0.29) is 0 Å². The molecule has 0 amide bonds. The van der Waals surface area contributed by atoms with E-state index < -0.39 is 0 Å². The van der Waals surface area contributed by atoms with Gasteiger partial charge in [-0.15, -0.1) is 0 Å². The van der Waals surface area contributed by atoms with Gasteiger partial charge in [0.1, 0.15) is 0 Å². The summed E-state index contributed by atoms with van der Waals surface area (Å²) in [5, 5.41) is 6.82. The highest BCUT2D eigenvalue weighted by Crippen LogP contribution is 2.08. The summed E-state index contributed by atoms with van der Waals surface area (Å²) in [6.45, 7) is 3.17. The average molecular weight is 176 g/mol. The second kappa shape index (κ2) is 3.90. The van der Waals surface area contributed by atoms with Crippen LogP contribution in [-0.4, -0.2) is 18.8 Å². The van der Waals surface area contributed by atoms with E-state index in [4.69, 9.17) is 0 Å². The Morgan fingerprint density at radius 2 is 2.00 bits per heavy atom. The summed E-state index contributed by atoms with van der Waals surface area (Å²) in [6.07, 6.45) is 1.12. The molecule has 0 aromatic heterocycles. The largest absolute Gasteiger partial charge is 0.300 e. The Hall–Kier alpha value is -0.860. The second-order valence-corrected chi connectivity index (χ2v) is 3.67. The minimum absolute atomic E-state index is 0.584. The van der Waals surface area contributed by atoms with Crippen molar-refractivity contribution in [2.24, 2.45) is 0 Å². The van der Waals surface area contributed by atoms with Crippen molar-refractivity contribution in [3.63, 3.8) is 0 Å². The Labute approximate surface area is 79.4 Å². The third-order valence-corrected chi connectivity index (χ3v) is 2.69. The third-order valence-electron chi connectivity index (χ3n) is 2.69. The zero-order valence-corrected chi connectivity index (χ0v) is 7.96. The van der Waals surface area contributed by atoms with Gasteiger partial charge in [-0.3, -0.25) is 5.32 Å². The van der Waals surface area contributed by atoms with E-state index in [2.05, 4.69) is 47.9 Å². The topological polar surface area (TPSA) is 24.1 Å². The van der Waals surface area contributed by atoms with Crippen LogP contribution in [0.4, 0.5) is 0 Å². The van der Waals surface area contributed by atoms with Gasteiger partial charge in [-0.2, -0.15) is 0 Å². The van der Waals surface area contributed by atoms with Crippen LogP contribution in [0.25, 0.3) is 0 Å². The third kappa shape index (κ3) is 2.08. The summed E-state index contributed by atoms with van der Waals surface area (Å²) in [5.74, 6) is 0. The molecule has 0 radical (unpaired) electrons.